The molecule has 2 atom stereocenters. The first-order valence-corrected chi connectivity index (χ1v) is 5.97. The zero-order chi connectivity index (χ0) is 11.5. The lowest BCUT2D eigenvalue weighted by Gasteiger charge is -2.36. The molecule has 0 aliphatic heterocycles. The maximum absolute atomic E-state index is 6.16. The average molecular weight is 220 g/mol. The number of aryl methyl sites for hydroxylation is 1. The third-order valence-corrected chi connectivity index (χ3v) is 3.42. The van der Waals surface area contributed by atoms with Crippen molar-refractivity contribution in [1.29, 1.82) is 0 Å². The molecule has 1 saturated carbocycles. The number of aromatic nitrogens is 2. The first kappa shape index (κ1) is 11.3. The van der Waals surface area contributed by atoms with Gasteiger partial charge in [0.05, 0.1) is 5.69 Å². The van der Waals surface area contributed by atoms with Gasteiger partial charge in [-0.25, -0.2) is 0 Å². The van der Waals surface area contributed by atoms with Crippen LogP contribution >= 0.6 is 0 Å². The van der Waals surface area contributed by atoms with Crippen molar-refractivity contribution in [3.8, 4) is 0 Å². The molecule has 0 aromatic carbocycles. The molecule has 2 rings (SSSR count). The van der Waals surface area contributed by atoms with Crippen LogP contribution in [0.1, 0.15) is 31.4 Å². The van der Waals surface area contributed by atoms with Gasteiger partial charge in [-0.05, 0) is 31.9 Å². The molecule has 4 heteroatoms. The van der Waals surface area contributed by atoms with Crippen LogP contribution in [0.3, 0.4) is 0 Å². The largest absolute Gasteiger partial charge is 0.354 e. The van der Waals surface area contributed by atoms with Crippen LogP contribution in [0, 0.1) is 6.92 Å². The Kier molecular flexibility index (Phi) is 3.39. The van der Waals surface area contributed by atoms with E-state index in [0.717, 1.165) is 24.4 Å². The minimum atomic E-state index is 0.266. The summed E-state index contributed by atoms with van der Waals surface area (Å²) in [6.45, 7) is 1.95. The maximum Gasteiger partial charge on any atom is 0.151 e. The zero-order valence-electron chi connectivity index (χ0n) is 10.1. The lowest BCUT2D eigenvalue weighted by Crippen LogP contribution is -2.48. The SMILES string of the molecule is Cc1ccc(N(C)C2CCCCC2N)nn1. The molecule has 0 bridgehead atoms. The van der Waals surface area contributed by atoms with Crippen molar-refractivity contribution >= 4 is 5.82 Å². The normalized spacial score (nSPS) is 25.4. The molecule has 1 aromatic heterocycles. The van der Waals surface area contributed by atoms with Crippen LogP contribution in [-0.2, 0) is 0 Å². The Labute approximate surface area is 96.9 Å². The Morgan fingerprint density at radius 2 is 2.00 bits per heavy atom. The van der Waals surface area contributed by atoms with E-state index in [1.807, 2.05) is 19.1 Å². The summed E-state index contributed by atoms with van der Waals surface area (Å²) in [5.41, 5.74) is 7.11. The van der Waals surface area contributed by atoms with Crippen molar-refractivity contribution in [2.45, 2.75) is 44.7 Å². The van der Waals surface area contributed by atoms with Crippen LogP contribution in [0.2, 0.25) is 0 Å². The van der Waals surface area contributed by atoms with E-state index in [4.69, 9.17) is 5.73 Å². The maximum atomic E-state index is 6.16. The topological polar surface area (TPSA) is 55.0 Å². The van der Waals surface area contributed by atoms with Crippen molar-refractivity contribution < 1.29 is 0 Å². The lowest BCUT2D eigenvalue weighted by atomic mass is 9.90. The molecule has 1 heterocycles. The summed E-state index contributed by atoms with van der Waals surface area (Å²) in [7, 11) is 2.06. The van der Waals surface area contributed by atoms with E-state index in [0.29, 0.717) is 6.04 Å². The number of anilines is 1. The number of hydrogen-bond acceptors (Lipinski definition) is 4. The average Bonchev–Trinajstić information content (AvgIpc) is 2.30. The molecule has 88 valence electrons. The Hall–Kier alpha value is -1.16. The molecule has 1 fully saturated rings. The fourth-order valence-corrected chi connectivity index (χ4v) is 2.37. The van der Waals surface area contributed by atoms with E-state index in [1.54, 1.807) is 0 Å². The summed E-state index contributed by atoms with van der Waals surface area (Å²) in [6, 6.07) is 4.68. The fraction of sp³-hybridized carbons (Fsp3) is 0.667. The van der Waals surface area contributed by atoms with Crippen molar-refractivity contribution in [1.82, 2.24) is 10.2 Å². The number of nitrogens with zero attached hydrogens (tertiary/aromatic N) is 3. The summed E-state index contributed by atoms with van der Waals surface area (Å²) >= 11 is 0. The minimum Gasteiger partial charge on any atom is -0.354 e. The first-order valence-electron chi connectivity index (χ1n) is 5.97. The highest BCUT2D eigenvalue weighted by Crippen LogP contribution is 2.23. The number of rotatable bonds is 2. The third kappa shape index (κ3) is 2.32. The van der Waals surface area contributed by atoms with Gasteiger partial charge in [0, 0.05) is 19.1 Å². The smallest absolute Gasteiger partial charge is 0.151 e. The minimum absolute atomic E-state index is 0.266. The Morgan fingerprint density at radius 1 is 1.25 bits per heavy atom. The second-order valence-corrected chi connectivity index (χ2v) is 4.66. The third-order valence-electron chi connectivity index (χ3n) is 3.42. The van der Waals surface area contributed by atoms with E-state index >= 15 is 0 Å². The van der Waals surface area contributed by atoms with E-state index in [2.05, 4.69) is 22.1 Å². The number of hydrogen-bond donors (Lipinski definition) is 1. The van der Waals surface area contributed by atoms with Crippen molar-refractivity contribution in [2.24, 2.45) is 5.73 Å². The van der Waals surface area contributed by atoms with Crippen LogP contribution in [-0.4, -0.2) is 29.3 Å². The highest BCUT2D eigenvalue weighted by Gasteiger charge is 2.26. The van der Waals surface area contributed by atoms with Crippen LogP contribution in [0.5, 0.6) is 0 Å². The van der Waals surface area contributed by atoms with Gasteiger partial charge < -0.3 is 10.6 Å². The predicted octanol–water partition coefficient (Wildman–Crippen LogP) is 1.49. The number of likely N-dealkylation sites (N-methyl/N-ethyl adjacent to an activating group) is 1. The Bertz CT molecular complexity index is 335. The molecular weight excluding hydrogens is 200 g/mol. The molecular formula is C12H20N4. The Morgan fingerprint density at radius 3 is 2.62 bits per heavy atom. The molecule has 0 radical (unpaired) electrons. The van der Waals surface area contributed by atoms with Crippen LogP contribution in [0.15, 0.2) is 12.1 Å². The lowest BCUT2D eigenvalue weighted by molar-refractivity contribution is 0.372. The van der Waals surface area contributed by atoms with E-state index in [9.17, 15) is 0 Å². The summed E-state index contributed by atoms with van der Waals surface area (Å²) in [4.78, 5) is 2.18. The van der Waals surface area contributed by atoms with Gasteiger partial charge >= 0.3 is 0 Å². The fourth-order valence-electron chi connectivity index (χ4n) is 2.37. The van der Waals surface area contributed by atoms with Gasteiger partial charge in [-0.1, -0.05) is 12.8 Å². The van der Waals surface area contributed by atoms with Crippen LogP contribution in [0.4, 0.5) is 5.82 Å². The second-order valence-electron chi connectivity index (χ2n) is 4.66. The van der Waals surface area contributed by atoms with Crippen molar-refractivity contribution in [3.05, 3.63) is 17.8 Å². The van der Waals surface area contributed by atoms with Crippen molar-refractivity contribution in [3.63, 3.8) is 0 Å². The molecule has 16 heavy (non-hydrogen) atoms. The molecule has 1 aliphatic rings. The van der Waals surface area contributed by atoms with Crippen LogP contribution < -0.4 is 10.6 Å². The molecule has 1 aromatic rings. The van der Waals surface area contributed by atoms with E-state index in [-0.39, 0.29) is 6.04 Å². The summed E-state index contributed by atoms with van der Waals surface area (Å²) in [5.74, 6) is 0.924. The van der Waals surface area contributed by atoms with E-state index < -0.39 is 0 Å². The van der Waals surface area contributed by atoms with Gasteiger partial charge in [0.25, 0.3) is 0 Å². The summed E-state index contributed by atoms with van der Waals surface area (Å²) in [5, 5.41) is 8.30. The summed E-state index contributed by atoms with van der Waals surface area (Å²) < 4.78 is 0. The number of nitrogens with two attached hydrogens (primary N) is 1. The van der Waals surface area contributed by atoms with Gasteiger partial charge in [0.1, 0.15) is 0 Å². The highest BCUT2D eigenvalue weighted by atomic mass is 15.3. The molecule has 2 unspecified atom stereocenters. The highest BCUT2D eigenvalue weighted by molar-refractivity contribution is 5.38. The predicted molar refractivity (Wildman–Crippen MR) is 65.4 cm³/mol. The monoisotopic (exact) mass is 220 g/mol. The van der Waals surface area contributed by atoms with Gasteiger partial charge in [-0.15, -0.1) is 5.10 Å². The van der Waals surface area contributed by atoms with Crippen LogP contribution in [0.25, 0.3) is 0 Å². The van der Waals surface area contributed by atoms with E-state index in [1.165, 1.54) is 12.8 Å². The molecule has 4 nitrogen and oxygen atoms in total. The molecule has 2 N–H and O–H groups in total. The molecule has 0 saturated heterocycles. The van der Waals surface area contributed by atoms with Gasteiger partial charge in [-0.2, -0.15) is 5.10 Å². The standard InChI is InChI=1S/C12H20N4/c1-9-7-8-12(15-14-9)16(2)11-6-4-3-5-10(11)13/h7-8,10-11H,3-6,13H2,1-2H3. The Balaban J connectivity index is 2.11. The van der Waals surface area contributed by atoms with Crippen molar-refractivity contribution in [2.75, 3.05) is 11.9 Å². The quantitative estimate of drug-likeness (QED) is 0.820. The van der Waals surface area contributed by atoms with Gasteiger partial charge in [0.2, 0.25) is 0 Å². The first-order chi connectivity index (χ1) is 7.68. The second kappa shape index (κ2) is 4.78. The van der Waals surface area contributed by atoms with Gasteiger partial charge in [0.15, 0.2) is 5.82 Å². The van der Waals surface area contributed by atoms with Gasteiger partial charge in [-0.3, -0.25) is 0 Å². The molecule has 0 amide bonds. The zero-order valence-corrected chi connectivity index (χ0v) is 10.1. The molecule has 1 aliphatic carbocycles. The molecule has 0 spiro atoms. The summed E-state index contributed by atoms with van der Waals surface area (Å²) in [6.07, 6.45) is 4.80.